The van der Waals surface area contributed by atoms with Gasteiger partial charge in [0.25, 0.3) is 0 Å². The van der Waals surface area contributed by atoms with E-state index in [1.54, 1.807) is 29.1 Å². The van der Waals surface area contributed by atoms with Gasteiger partial charge in [0.1, 0.15) is 0 Å². The van der Waals surface area contributed by atoms with Crippen LogP contribution in [0.2, 0.25) is 0 Å². The Morgan fingerprint density at radius 3 is 2.90 bits per heavy atom. The number of aromatic nitrogens is 2. The third kappa shape index (κ3) is 2.42. The van der Waals surface area contributed by atoms with Crippen molar-refractivity contribution in [1.29, 1.82) is 0 Å². The maximum atomic E-state index is 14.4. The highest BCUT2D eigenvalue weighted by Gasteiger charge is 2.17. The quantitative estimate of drug-likeness (QED) is 0.754. The Morgan fingerprint density at radius 2 is 2.19 bits per heavy atom. The smallest absolute Gasteiger partial charge is 0.150 e. The van der Waals surface area contributed by atoms with Crippen molar-refractivity contribution in [2.45, 2.75) is 13.5 Å². The molecule has 0 saturated carbocycles. The van der Waals surface area contributed by atoms with Gasteiger partial charge in [0.15, 0.2) is 5.82 Å². The molecule has 6 heteroatoms. The van der Waals surface area contributed by atoms with E-state index in [0.717, 1.165) is 16.0 Å². The molecule has 0 bridgehead atoms. The number of nitrogens with zero attached hydrogens (tertiary/aromatic N) is 3. The summed E-state index contributed by atoms with van der Waals surface area (Å²) >= 11 is 1.57. The number of hydrogen-bond donors (Lipinski definition) is 1. The lowest BCUT2D eigenvalue weighted by molar-refractivity contribution is 0.624. The number of hydrogen-bond acceptors (Lipinski definition) is 5. The second-order valence-corrected chi connectivity index (χ2v) is 5.85. The first-order valence-corrected chi connectivity index (χ1v) is 7.38. The van der Waals surface area contributed by atoms with Gasteiger partial charge in [-0.1, -0.05) is 0 Å². The number of halogens is 1. The molecule has 3 aromatic rings. The van der Waals surface area contributed by atoms with E-state index in [2.05, 4.69) is 9.97 Å². The van der Waals surface area contributed by atoms with Crippen LogP contribution in [-0.2, 0) is 6.54 Å². The maximum absolute atomic E-state index is 14.4. The average Bonchev–Trinajstić information content (AvgIpc) is 2.84. The summed E-state index contributed by atoms with van der Waals surface area (Å²) in [6.45, 7) is 2.54. The Morgan fingerprint density at radius 1 is 1.38 bits per heavy atom. The molecule has 0 atom stereocenters. The Balaban J connectivity index is 2.09. The van der Waals surface area contributed by atoms with Crippen LogP contribution in [0.15, 0.2) is 29.9 Å². The first-order valence-electron chi connectivity index (χ1n) is 6.50. The highest BCUT2D eigenvalue weighted by molar-refractivity contribution is 7.09. The van der Waals surface area contributed by atoms with E-state index in [0.29, 0.717) is 23.4 Å². The van der Waals surface area contributed by atoms with Crippen molar-refractivity contribution >= 4 is 33.6 Å². The van der Waals surface area contributed by atoms with Crippen LogP contribution in [0.1, 0.15) is 10.6 Å². The summed E-state index contributed by atoms with van der Waals surface area (Å²) in [6, 6.07) is 5.01. The number of rotatable bonds is 3. The topological polar surface area (TPSA) is 55.0 Å². The van der Waals surface area contributed by atoms with Gasteiger partial charge in [-0.25, -0.2) is 9.37 Å². The van der Waals surface area contributed by atoms with Crippen molar-refractivity contribution in [1.82, 2.24) is 9.97 Å². The fraction of sp³-hybridized carbons (Fsp3) is 0.200. The van der Waals surface area contributed by atoms with E-state index in [1.807, 2.05) is 24.9 Å². The average molecular weight is 302 g/mol. The summed E-state index contributed by atoms with van der Waals surface area (Å²) in [4.78, 5) is 11.5. The van der Waals surface area contributed by atoms with Crippen LogP contribution >= 0.6 is 11.3 Å². The van der Waals surface area contributed by atoms with Crippen molar-refractivity contribution in [2.24, 2.45) is 0 Å². The Bertz CT molecular complexity index is 799. The lowest BCUT2D eigenvalue weighted by atomic mass is 10.1. The van der Waals surface area contributed by atoms with Gasteiger partial charge in [0, 0.05) is 29.2 Å². The van der Waals surface area contributed by atoms with Crippen LogP contribution in [-0.4, -0.2) is 17.0 Å². The number of nitrogen functional groups attached to an aromatic ring is 1. The van der Waals surface area contributed by atoms with Crippen LogP contribution in [0.4, 0.5) is 15.8 Å². The largest absolute Gasteiger partial charge is 0.398 e. The molecule has 2 aromatic heterocycles. The molecule has 0 aliphatic carbocycles. The van der Waals surface area contributed by atoms with E-state index in [4.69, 9.17) is 5.73 Å². The predicted molar refractivity (Wildman–Crippen MR) is 85.1 cm³/mol. The van der Waals surface area contributed by atoms with E-state index < -0.39 is 0 Å². The third-order valence-electron chi connectivity index (χ3n) is 3.46. The van der Waals surface area contributed by atoms with E-state index >= 15 is 0 Å². The summed E-state index contributed by atoms with van der Waals surface area (Å²) < 4.78 is 14.4. The first kappa shape index (κ1) is 13.8. The Kier molecular flexibility index (Phi) is 3.47. The predicted octanol–water partition coefficient (Wildman–Crippen LogP) is 3.36. The SMILES string of the molecule is Cc1ncsc1CN(C)c1c(F)cc(N)c2cccnc12. The molecule has 0 unspecified atom stereocenters. The number of anilines is 2. The molecule has 2 N–H and O–H groups in total. The van der Waals surface area contributed by atoms with Gasteiger partial charge in [-0.3, -0.25) is 4.98 Å². The van der Waals surface area contributed by atoms with Crippen molar-refractivity contribution in [3.05, 3.63) is 46.3 Å². The molecule has 3 rings (SSSR count). The molecule has 0 radical (unpaired) electrons. The number of aryl methyl sites for hydroxylation is 1. The second kappa shape index (κ2) is 5.29. The monoisotopic (exact) mass is 302 g/mol. The molecule has 0 aliphatic heterocycles. The number of nitrogens with two attached hydrogens (primary N) is 1. The Labute approximate surface area is 126 Å². The highest BCUT2D eigenvalue weighted by atomic mass is 32.1. The highest BCUT2D eigenvalue weighted by Crippen LogP contribution is 2.33. The lowest BCUT2D eigenvalue weighted by Gasteiger charge is -2.21. The van der Waals surface area contributed by atoms with Gasteiger partial charge in [-0.2, -0.15) is 0 Å². The number of pyridine rings is 1. The molecule has 4 nitrogen and oxygen atoms in total. The summed E-state index contributed by atoms with van der Waals surface area (Å²) in [5.74, 6) is -0.358. The molecule has 0 saturated heterocycles. The number of thiazole rings is 1. The van der Waals surface area contributed by atoms with Gasteiger partial charge >= 0.3 is 0 Å². The summed E-state index contributed by atoms with van der Waals surface area (Å²) in [6.07, 6.45) is 1.65. The maximum Gasteiger partial charge on any atom is 0.150 e. The van der Waals surface area contributed by atoms with Crippen molar-refractivity contribution < 1.29 is 4.39 Å². The number of benzene rings is 1. The van der Waals surface area contributed by atoms with E-state index in [1.165, 1.54) is 6.07 Å². The molecule has 1 aromatic carbocycles. The molecule has 0 spiro atoms. The molecule has 0 fully saturated rings. The summed E-state index contributed by atoms with van der Waals surface area (Å²) in [5.41, 5.74) is 10.1. The number of fused-ring (bicyclic) bond motifs is 1. The molecule has 0 aliphatic rings. The van der Waals surface area contributed by atoms with Crippen molar-refractivity contribution in [3.8, 4) is 0 Å². The lowest BCUT2D eigenvalue weighted by Crippen LogP contribution is -2.18. The second-order valence-electron chi connectivity index (χ2n) is 4.91. The fourth-order valence-electron chi connectivity index (χ4n) is 2.36. The molecular weight excluding hydrogens is 287 g/mol. The standard InChI is InChI=1S/C15H15FN4S/c1-9-13(21-8-19-9)7-20(2)15-11(16)6-12(17)10-4-3-5-18-14(10)15/h3-6,8H,7,17H2,1-2H3. The zero-order valence-corrected chi connectivity index (χ0v) is 12.6. The summed E-state index contributed by atoms with van der Waals surface area (Å²) in [7, 11) is 1.85. The van der Waals surface area contributed by atoms with E-state index in [9.17, 15) is 4.39 Å². The fourth-order valence-corrected chi connectivity index (χ4v) is 3.19. The minimum Gasteiger partial charge on any atom is -0.398 e. The van der Waals surface area contributed by atoms with Crippen molar-refractivity contribution in [3.63, 3.8) is 0 Å². The zero-order valence-electron chi connectivity index (χ0n) is 11.8. The van der Waals surface area contributed by atoms with Gasteiger partial charge < -0.3 is 10.6 Å². The van der Waals surface area contributed by atoms with Gasteiger partial charge in [-0.05, 0) is 25.1 Å². The molecule has 0 amide bonds. The van der Waals surface area contributed by atoms with Crippen LogP contribution in [0.3, 0.4) is 0 Å². The van der Waals surface area contributed by atoms with Crippen LogP contribution in [0.25, 0.3) is 10.9 Å². The summed E-state index contributed by atoms with van der Waals surface area (Å²) in [5, 5.41) is 0.766. The molecular formula is C15H15FN4S. The molecule has 108 valence electrons. The van der Waals surface area contributed by atoms with Gasteiger partial charge in [-0.15, -0.1) is 11.3 Å². The molecule has 21 heavy (non-hydrogen) atoms. The normalized spacial score (nSPS) is 11.0. The first-order chi connectivity index (χ1) is 10.1. The Hall–Kier alpha value is -2.21. The van der Waals surface area contributed by atoms with Crippen LogP contribution in [0.5, 0.6) is 0 Å². The van der Waals surface area contributed by atoms with Gasteiger partial charge in [0.05, 0.1) is 29.0 Å². The minimum absolute atomic E-state index is 0.358. The van der Waals surface area contributed by atoms with Crippen molar-refractivity contribution in [2.75, 3.05) is 17.7 Å². The zero-order chi connectivity index (χ0) is 15.0. The minimum atomic E-state index is -0.358. The van der Waals surface area contributed by atoms with E-state index in [-0.39, 0.29) is 5.82 Å². The van der Waals surface area contributed by atoms with Gasteiger partial charge in [0.2, 0.25) is 0 Å². The third-order valence-corrected chi connectivity index (χ3v) is 4.38. The molecule has 2 heterocycles. The van der Waals surface area contributed by atoms with Crippen LogP contribution < -0.4 is 10.6 Å². The van der Waals surface area contributed by atoms with Crippen LogP contribution in [0, 0.1) is 12.7 Å².